The molecule has 2 heterocycles. The zero-order chi connectivity index (χ0) is 19.2. The molecule has 0 unspecified atom stereocenters. The summed E-state index contributed by atoms with van der Waals surface area (Å²) in [5.41, 5.74) is 5.40. The zero-order valence-corrected chi connectivity index (χ0v) is 14.9. The first-order chi connectivity index (χ1) is 13.0. The summed E-state index contributed by atoms with van der Waals surface area (Å²) in [6.07, 6.45) is 2.14. The molecule has 9 nitrogen and oxygen atoms in total. The van der Waals surface area contributed by atoms with E-state index in [1.165, 1.54) is 0 Å². The molecule has 1 saturated heterocycles. The number of hydrogen-bond donors (Lipinski definition) is 3. The highest BCUT2D eigenvalue weighted by Crippen LogP contribution is 2.15. The van der Waals surface area contributed by atoms with E-state index in [0.717, 1.165) is 19.4 Å². The number of rotatable bonds is 7. The average Bonchev–Trinajstić information content (AvgIpc) is 3.12. The molecule has 1 aromatic carbocycles. The zero-order valence-electron chi connectivity index (χ0n) is 14.9. The topological polar surface area (TPSA) is 130 Å². The van der Waals surface area contributed by atoms with E-state index >= 15 is 0 Å². The third-order valence-electron chi connectivity index (χ3n) is 4.44. The van der Waals surface area contributed by atoms with Crippen molar-refractivity contribution in [2.24, 2.45) is 5.73 Å². The molecule has 0 saturated carbocycles. The fraction of sp³-hybridized carbons (Fsp3) is 0.444. The van der Waals surface area contributed by atoms with E-state index in [1.807, 2.05) is 11.0 Å². The Morgan fingerprint density at radius 1 is 1.37 bits per heavy atom. The van der Waals surface area contributed by atoms with Gasteiger partial charge in [0.2, 0.25) is 5.91 Å². The molecule has 1 aliphatic rings. The predicted octanol–water partition coefficient (Wildman–Crippen LogP) is 0.489. The van der Waals surface area contributed by atoms with E-state index in [0.29, 0.717) is 36.4 Å². The molecule has 1 atom stereocenters. The van der Waals surface area contributed by atoms with Gasteiger partial charge in [0.1, 0.15) is 5.82 Å². The van der Waals surface area contributed by atoms with E-state index in [-0.39, 0.29) is 18.1 Å². The Morgan fingerprint density at radius 2 is 2.19 bits per heavy atom. The summed E-state index contributed by atoms with van der Waals surface area (Å²) in [5.74, 6) is 0.0758. The maximum absolute atomic E-state index is 12.3. The first-order valence-electron chi connectivity index (χ1n) is 8.92. The van der Waals surface area contributed by atoms with Gasteiger partial charge >= 0.3 is 6.03 Å². The summed E-state index contributed by atoms with van der Waals surface area (Å²) < 4.78 is 5.68. The largest absolute Gasteiger partial charge is 0.377 e. The number of aromatic amines is 1. The quantitative estimate of drug-likeness (QED) is 0.647. The van der Waals surface area contributed by atoms with Crippen LogP contribution in [0.15, 0.2) is 29.1 Å². The number of imide groups is 1. The van der Waals surface area contributed by atoms with Gasteiger partial charge in [0.25, 0.3) is 5.56 Å². The monoisotopic (exact) mass is 373 g/mol. The molecule has 1 fully saturated rings. The predicted molar refractivity (Wildman–Crippen MR) is 99.0 cm³/mol. The van der Waals surface area contributed by atoms with E-state index in [2.05, 4.69) is 15.3 Å². The number of primary amides is 1. The smallest absolute Gasteiger partial charge is 0.318 e. The third-order valence-corrected chi connectivity index (χ3v) is 4.44. The van der Waals surface area contributed by atoms with Crippen molar-refractivity contribution in [2.45, 2.75) is 31.9 Å². The highest BCUT2D eigenvalue weighted by molar-refractivity contribution is 5.93. The Balaban J connectivity index is 1.72. The van der Waals surface area contributed by atoms with E-state index < -0.39 is 11.9 Å². The number of nitrogens with zero attached hydrogens (tertiary/aromatic N) is 2. The van der Waals surface area contributed by atoms with Crippen LogP contribution in [0.2, 0.25) is 0 Å². The van der Waals surface area contributed by atoms with Crippen molar-refractivity contribution in [3.05, 3.63) is 40.4 Å². The fourth-order valence-corrected chi connectivity index (χ4v) is 3.19. The highest BCUT2D eigenvalue weighted by atomic mass is 16.5. The van der Waals surface area contributed by atoms with Gasteiger partial charge in [-0.1, -0.05) is 12.1 Å². The minimum Gasteiger partial charge on any atom is -0.377 e. The summed E-state index contributed by atoms with van der Waals surface area (Å²) >= 11 is 0. The molecule has 4 N–H and O–H groups in total. The lowest BCUT2D eigenvalue weighted by molar-refractivity contribution is -0.120. The molecule has 144 valence electrons. The number of amides is 3. The Bertz CT molecular complexity index is 875. The number of hydrogen-bond acceptors (Lipinski definition) is 6. The molecular formula is C18H23N5O4. The van der Waals surface area contributed by atoms with Crippen LogP contribution in [0.25, 0.3) is 10.9 Å². The maximum atomic E-state index is 12.3. The van der Waals surface area contributed by atoms with Crippen LogP contribution in [-0.2, 0) is 16.1 Å². The minimum absolute atomic E-state index is 0.0800. The average molecular weight is 373 g/mol. The van der Waals surface area contributed by atoms with Crippen LogP contribution in [0.1, 0.15) is 25.1 Å². The lowest BCUT2D eigenvalue weighted by atomic mass is 10.2. The van der Waals surface area contributed by atoms with Crippen LogP contribution >= 0.6 is 0 Å². The molecule has 1 aromatic heterocycles. The van der Waals surface area contributed by atoms with Gasteiger partial charge in [-0.3, -0.25) is 19.8 Å². The molecule has 27 heavy (non-hydrogen) atoms. The fourth-order valence-electron chi connectivity index (χ4n) is 3.19. The number of para-hydroxylation sites is 1. The lowest BCUT2D eigenvalue weighted by Crippen LogP contribution is -2.39. The van der Waals surface area contributed by atoms with Crippen LogP contribution < -0.4 is 16.6 Å². The van der Waals surface area contributed by atoms with Crippen molar-refractivity contribution in [3.63, 3.8) is 0 Å². The van der Waals surface area contributed by atoms with Crippen LogP contribution in [0.3, 0.4) is 0 Å². The molecule has 2 aromatic rings. The van der Waals surface area contributed by atoms with Crippen molar-refractivity contribution in [2.75, 3.05) is 19.7 Å². The van der Waals surface area contributed by atoms with Crippen molar-refractivity contribution in [3.8, 4) is 0 Å². The second-order valence-electron chi connectivity index (χ2n) is 6.56. The van der Waals surface area contributed by atoms with Crippen LogP contribution in [-0.4, -0.2) is 52.6 Å². The molecule has 3 rings (SSSR count). The Hall–Kier alpha value is -2.78. The van der Waals surface area contributed by atoms with Crippen molar-refractivity contribution in [1.82, 2.24) is 20.2 Å². The SMILES string of the molecule is NC(=O)NC(=O)CCN(Cc1nc2ccccc2c(=O)[nH]1)C[C@H]1CCCO1. The van der Waals surface area contributed by atoms with E-state index in [4.69, 9.17) is 10.5 Å². The number of nitrogens with two attached hydrogens (primary N) is 1. The van der Waals surface area contributed by atoms with Gasteiger partial charge in [-0.15, -0.1) is 0 Å². The normalized spacial score (nSPS) is 16.7. The molecular weight excluding hydrogens is 350 g/mol. The van der Waals surface area contributed by atoms with Gasteiger partial charge in [-0.2, -0.15) is 0 Å². The number of H-pyrrole nitrogens is 1. The Morgan fingerprint density at radius 3 is 2.93 bits per heavy atom. The van der Waals surface area contributed by atoms with Gasteiger partial charge in [-0.05, 0) is 25.0 Å². The van der Waals surface area contributed by atoms with E-state index in [1.54, 1.807) is 18.2 Å². The number of fused-ring (bicyclic) bond motifs is 1. The summed E-state index contributed by atoms with van der Waals surface area (Å²) in [5, 5.41) is 2.59. The van der Waals surface area contributed by atoms with Gasteiger partial charge in [0.15, 0.2) is 0 Å². The molecule has 0 radical (unpaired) electrons. The van der Waals surface area contributed by atoms with Gasteiger partial charge in [-0.25, -0.2) is 9.78 Å². The molecule has 0 aliphatic carbocycles. The third kappa shape index (κ3) is 5.35. The van der Waals surface area contributed by atoms with Crippen LogP contribution in [0, 0.1) is 0 Å². The number of aromatic nitrogens is 2. The molecule has 0 spiro atoms. The highest BCUT2D eigenvalue weighted by Gasteiger charge is 2.21. The summed E-state index contributed by atoms with van der Waals surface area (Å²) in [7, 11) is 0. The number of benzene rings is 1. The Kier molecular flexibility index (Phi) is 6.15. The maximum Gasteiger partial charge on any atom is 0.318 e. The number of carbonyl (C=O) groups excluding carboxylic acids is 2. The molecule has 9 heteroatoms. The number of carbonyl (C=O) groups is 2. The molecule has 3 amide bonds. The lowest BCUT2D eigenvalue weighted by Gasteiger charge is -2.24. The summed E-state index contributed by atoms with van der Waals surface area (Å²) in [4.78, 5) is 44.1. The van der Waals surface area contributed by atoms with E-state index in [9.17, 15) is 14.4 Å². The number of urea groups is 1. The summed E-state index contributed by atoms with van der Waals surface area (Å²) in [6, 6.07) is 6.27. The van der Waals surface area contributed by atoms with Crippen molar-refractivity contribution >= 4 is 22.8 Å². The first-order valence-corrected chi connectivity index (χ1v) is 8.92. The number of nitrogens with one attached hydrogen (secondary N) is 2. The summed E-state index contributed by atoms with van der Waals surface area (Å²) in [6.45, 7) is 2.09. The standard InChI is InChI=1S/C18H23N5O4/c19-18(26)22-16(24)7-8-23(10-12-4-3-9-27-12)11-15-20-14-6-2-1-5-13(14)17(25)21-15/h1-2,5-6,12H,3-4,7-11H2,(H,20,21,25)(H3,19,22,24,26)/t12-/m1/s1. The Labute approximate surface area is 155 Å². The molecule has 1 aliphatic heterocycles. The first kappa shape index (κ1) is 19.0. The minimum atomic E-state index is -0.869. The number of ether oxygens (including phenoxy) is 1. The second-order valence-corrected chi connectivity index (χ2v) is 6.56. The van der Waals surface area contributed by atoms with Gasteiger partial charge in [0, 0.05) is 26.1 Å². The van der Waals surface area contributed by atoms with Crippen molar-refractivity contribution in [1.29, 1.82) is 0 Å². The van der Waals surface area contributed by atoms with Gasteiger partial charge < -0.3 is 15.5 Å². The van der Waals surface area contributed by atoms with Crippen LogP contribution in [0.4, 0.5) is 4.79 Å². The van der Waals surface area contributed by atoms with Gasteiger partial charge in [0.05, 0.1) is 23.6 Å². The molecule has 0 bridgehead atoms. The van der Waals surface area contributed by atoms with Crippen molar-refractivity contribution < 1.29 is 14.3 Å². The second kappa shape index (κ2) is 8.74. The van der Waals surface area contributed by atoms with Crippen LogP contribution in [0.5, 0.6) is 0 Å².